The lowest BCUT2D eigenvalue weighted by atomic mass is 10.0. The van der Waals surface area contributed by atoms with Gasteiger partial charge in [0.05, 0.1) is 58.3 Å². The van der Waals surface area contributed by atoms with E-state index in [4.69, 9.17) is 18.9 Å². The molecule has 39 heavy (non-hydrogen) atoms. The van der Waals surface area contributed by atoms with Crippen molar-refractivity contribution in [3.8, 4) is 16.9 Å². The van der Waals surface area contributed by atoms with Gasteiger partial charge >= 0.3 is 5.97 Å². The molecular weight excluding hydrogens is 520 g/mol. The highest BCUT2D eigenvalue weighted by Crippen LogP contribution is 2.41. The molecule has 1 aliphatic rings. The highest BCUT2D eigenvalue weighted by molar-refractivity contribution is 7.97. The molecule has 11 heteroatoms. The topological polar surface area (TPSA) is 104 Å². The number of rotatable bonds is 13. The molecule has 0 bridgehead atoms. The predicted molar refractivity (Wildman–Crippen MR) is 149 cm³/mol. The van der Waals surface area contributed by atoms with Crippen LogP contribution in [0, 0.1) is 0 Å². The quantitative estimate of drug-likeness (QED) is 0.193. The summed E-state index contributed by atoms with van der Waals surface area (Å²) in [6.07, 6.45) is 5.87. The molecule has 210 valence electrons. The molecule has 2 aromatic heterocycles. The van der Waals surface area contributed by atoms with Crippen molar-refractivity contribution in [3.05, 3.63) is 48.3 Å². The van der Waals surface area contributed by atoms with Crippen molar-refractivity contribution < 1.29 is 28.5 Å². The first-order valence-electron chi connectivity index (χ1n) is 13.1. The van der Waals surface area contributed by atoms with E-state index in [-0.39, 0.29) is 24.4 Å². The lowest BCUT2D eigenvalue weighted by Gasteiger charge is -2.31. The van der Waals surface area contributed by atoms with E-state index >= 15 is 0 Å². The lowest BCUT2D eigenvalue weighted by molar-refractivity contribution is -0.139. The number of aromatic nitrogens is 2. The van der Waals surface area contributed by atoms with Crippen molar-refractivity contribution in [2.45, 2.75) is 37.2 Å². The molecule has 1 aromatic carbocycles. The Morgan fingerprint density at radius 2 is 1.95 bits per heavy atom. The minimum Gasteiger partial charge on any atom is -0.496 e. The van der Waals surface area contributed by atoms with Gasteiger partial charge in [-0.3, -0.25) is 9.59 Å². The normalized spacial score (nSPS) is 14.4. The monoisotopic (exact) mass is 556 g/mol. The van der Waals surface area contributed by atoms with Crippen LogP contribution in [-0.2, 0) is 30.2 Å². The van der Waals surface area contributed by atoms with E-state index < -0.39 is 0 Å². The Kier molecular flexibility index (Phi) is 10.6. The number of fused-ring (bicyclic) bond motifs is 1. The van der Waals surface area contributed by atoms with Gasteiger partial charge in [-0.05, 0) is 54.6 Å². The second-order valence-electron chi connectivity index (χ2n) is 9.19. The van der Waals surface area contributed by atoms with Crippen LogP contribution in [0.5, 0.6) is 5.75 Å². The van der Waals surface area contributed by atoms with Crippen LogP contribution in [0.3, 0.4) is 0 Å². The number of pyridine rings is 1. The van der Waals surface area contributed by atoms with Gasteiger partial charge in [0.15, 0.2) is 0 Å². The third-order valence-electron chi connectivity index (χ3n) is 6.49. The average Bonchev–Trinajstić information content (AvgIpc) is 3.34. The van der Waals surface area contributed by atoms with Gasteiger partial charge < -0.3 is 24.3 Å². The minimum absolute atomic E-state index is 0.0512. The number of carbonyl (C=O) groups is 2. The van der Waals surface area contributed by atoms with E-state index in [1.165, 1.54) is 14.0 Å². The summed E-state index contributed by atoms with van der Waals surface area (Å²) in [5.41, 5.74) is 3.67. The number of nitrogens with one attached hydrogen (secondary N) is 1. The van der Waals surface area contributed by atoms with Gasteiger partial charge in [0.1, 0.15) is 5.75 Å². The molecule has 3 heterocycles. The maximum absolute atomic E-state index is 11.9. The summed E-state index contributed by atoms with van der Waals surface area (Å²) in [5, 5.41) is 7.09. The summed E-state index contributed by atoms with van der Waals surface area (Å²) in [5.74, 6) is 0.436. The van der Waals surface area contributed by atoms with Crippen LogP contribution < -0.4 is 10.1 Å². The Hall–Kier alpha value is -3.12. The zero-order chi connectivity index (χ0) is 27.6. The van der Waals surface area contributed by atoms with E-state index in [1.807, 2.05) is 30.5 Å². The summed E-state index contributed by atoms with van der Waals surface area (Å²) < 4.78 is 26.3. The predicted octanol–water partition coefficient (Wildman–Crippen LogP) is 3.37. The summed E-state index contributed by atoms with van der Waals surface area (Å²) in [6, 6.07) is 10.1. The Morgan fingerprint density at radius 1 is 1.13 bits per heavy atom. The summed E-state index contributed by atoms with van der Waals surface area (Å²) in [6.45, 7) is 5.37. The molecule has 0 unspecified atom stereocenters. The second-order valence-corrected chi connectivity index (χ2v) is 10.3. The first-order valence-corrected chi connectivity index (χ1v) is 13.8. The molecule has 10 nitrogen and oxygen atoms in total. The Labute approximate surface area is 233 Å². The maximum Gasteiger partial charge on any atom is 0.310 e. The van der Waals surface area contributed by atoms with Crippen LogP contribution in [0.2, 0.25) is 0 Å². The van der Waals surface area contributed by atoms with E-state index in [2.05, 4.69) is 20.8 Å². The summed E-state index contributed by atoms with van der Waals surface area (Å²) >= 11 is 1.73. The third-order valence-corrected chi connectivity index (χ3v) is 7.65. The minimum atomic E-state index is -0.300. The van der Waals surface area contributed by atoms with Gasteiger partial charge in [-0.1, -0.05) is 6.07 Å². The summed E-state index contributed by atoms with van der Waals surface area (Å²) in [4.78, 5) is 23.9. The van der Waals surface area contributed by atoms with Gasteiger partial charge in [-0.25, -0.2) is 8.82 Å². The first-order chi connectivity index (χ1) is 19.0. The van der Waals surface area contributed by atoms with Crippen LogP contribution in [0.15, 0.2) is 47.6 Å². The van der Waals surface area contributed by atoms with E-state index in [9.17, 15) is 9.59 Å². The van der Waals surface area contributed by atoms with Crippen molar-refractivity contribution in [1.29, 1.82) is 0 Å². The fourth-order valence-corrected chi connectivity index (χ4v) is 5.62. The van der Waals surface area contributed by atoms with Gasteiger partial charge in [0, 0.05) is 48.8 Å². The van der Waals surface area contributed by atoms with Crippen molar-refractivity contribution >= 4 is 29.3 Å². The second kappa shape index (κ2) is 14.3. The fourth-order valence-electron chi connectivity index (χ4n) is 4.50. The molecule has 1 fully saturated rings. The third kappa shape index (κ3) is 7.95. The van der Waals surface area contributed by atoms with Crippen molar-refractivity contribution in [3.63, 3.8) is 0 Å². The number of hydrogen-bond acceptors (Lipinski definition) is 9. The zero-order valence-corrected chi connectivity index (χ0v) is 23.5. The SMILES string of the molecule is COC(=O)Cc1cnn2ccc(-c3c(OC)cccc3SN3CCC(OCCOCCNC(C)=O)CC3)cc12. The van der Waals surface area contributed by atoms with Gasteiger partial charge in [-0.2, -0.15) is 5.10 Å². The Morgan fingerprint density at radius 3 is 2.69 bits per heavy atom. The number of hydrogen-bond donors (Lipinski definition) is 1. The molecule has 1 N–H and O–H groups in total. The van der Waals surface area contributed by atoms with Crippen molar-refractivity contribution in [1.82, 2.24) is 19.2 Å². The van der Waals surface area contributed by atoms with Gasteiger partial charge in [-0.15, -0.1) is 0 Å². The molecule has 0 saturated carbocycles. The Balaban J connectivity index is 1.38. The van der Waals surface area contributed by atoms with Crippen LogP contribution >= 0.6 is 11.9 Å². The zero-order valence-electron chi connectivity index (χ0n) is 22.7. The number of esters is 1. The molecular formula is C28H36N4O6S. The van der Waals surface area contributed by atoms with Gasteiger partial charge in [0.25, 0.3) is 0 Å². The number of benzene rings is 1. The molecule has 0 radical (unpaired) electrons. The number of amides is 1. The number of piperidine rings is 1. The highest BCUT2D eigenvalue weighted by atomic mass is 32.2. The standard InChI is InChI=1S/C28H36N4O6S/c1-20(33)29-10-14-37-15-16-38-23-8-11-31(12-9-23)39-26-6-4-5-25(35-2)28(26)21-7-13-32-24(17-21)22(19-30-32)18-27(34)36-3/h4-7,13,17,19,23H,8-12,14-16,18H2,1-3H3,(H,29,33). The van der Waals surface area contributed by atoms with Crippen molar-refractivity contribution in [2.24, 2.45) is 0 Å². The molecule has 1 amide bonds. The highest BCUT2D eigenvalue weighted by Gasteiger charge is 2.23. The molecule has 1 aliphatic heterocycles. The molecule has 4 rings (SSSR count). The van der Waals surface area contributed by atoms with E-state index in [1.54, 1.807) is 29.8 Å². The van der Waals surface area contributed by atoms with Crippen LogP contribution in [0.1, 0.15) is 25.3 Å². The number of ether oxygens (including phenoxy) is 4. The lowest BCUT2D eigenvalue weighted by Crippen LogP contribution is -2.33. The molecule has 3 aromatic rings. The van der Waals surface area contributed by atoms with Crippen molar-refractivity contribution in [2.75, 3.05) is 53.7 Å². The molecule has 0 atom stereocenters. The van der Waals surface area contributed by atoms with Crippen LogP contribution in [-0.4, -0.2) is 85.6 Å². The average molecular weight is 557 g/mol. The van der Waals surface area contributed by atoms with E-state index in [0.717, 1.165) is 58.8 Å². The number of nitrogens with zero attached hydrogens (tertiary/aromatic N) is 3. The molecule has 0 spiro atoms. The smallest absolute Gasteiger partial charge is 0.310 e. The van der Waals surface area contributed by atoms with Gasteiger partial charge in [0.2, 0.25) is 5.91 Å². The Bertz CT molecular complexity index is 1260. The maximum atomic E-state index is 11.9. The first kappa shape index (κ1) is 28.9. The van der Waals surface area contributed by atoms with Crippen LogP contribution in [0.4, 0.5) is 0 Å². The van der Waals surface area contributed by atoms with E-state index in [0.29, 0.717) is 26.4 Å². The van der Waals surface area contributed by atoms with Crippen LogP contribution in [0.25, 0.3) is 16.6 Å². The fraction of sp³-hybridized carbons (Fsp3) is 0.464. The largest absolute Gasteiger partial charge is 0.496 e. The molecule has 1 saturated heterocycles. The number of methoxy groups -OCH3 is 2. The summed E-state index contributed by atoms with van der Waals surface area (Å²) in [7, 11) is 3.07. The number of carbonyl (C=O) groups excluding carboxylic acids is 2. The molecule has 0 aliphatic carbocycles.